The first kappa shape index (κ1) is 10.2. The second-order valence-electron chi connectivity index (χ2n) is 3.72. The molecule has 1 aliphatic heterocycles. The van der Waals surface area contributed by atoms with Crippen LogP contribution in [0.2, 0.25) is 0 Å². The average molecular weight is 207 g/mol. The fourth-order valence-corrected chi connectivity index (χ4v) is 2.05. The molecule has 0 atom stereocenters. The Kier molecular flexibility index (Phi) is 3.01. The maximum absolute atomic E-state index is 5.43. The van der Waals surface area contributed by atoms with Gasteiger partial charge in [0.15, 0.2) is 0 Å². The van der Waals surface area contributed by atoms with Crippen molar-refractivity contribution in [2.24, 2.45) is 5.84 Å². The van der Waals surface area contributed by atoms with E-state index in [2.05, 4.69) is 27.2 Å². The first-order chi connectivity index (χ1) is 7.36. The van der Waals surface area contributed by atoms with E-state index >= 15 is 0 Å². The van der Waals surface area contributed by atoms with Crippen molar-refractivity contribution in [3.05, 3.63) is 11.9 Å². The lowest BCUT2D eigenvalue weighted by Gasteiger charge is -2.20. The molecule has 2 heterocycles. The summed E-state index contributed by atoms with van der Waals surface area (Å²) in [7, 11) is 0. The van der Waals surface area contributed by atoms with E-state index in [4.69, 9.17) is 5.84 Å². The predicted octanol–water partition coefficient (Wildman–Crippen LogP) is 0.925. The topological polar surface area (TPSA) is 67.1 Å². The monoisotopic (exact) mass is 207 g/mol. The summed E-state index contributed by atoms with van der Waals surface area (Å²) in [4.78, 5) is 10.8. The third-order valence-corrected chi connectivity index (χ3v) is 2.82. The maximum Gasteiger partial charge on any atom is 0.148 e. The Labute approximate surface area is 89.7 Å². The van der Waals surface area contributed by atoms with E-state index in [0.29, 0.717) is 0 Å². The molecule has 1 fully saturated rings. The Bertz CT molecular complexity index is 333. The molecule has 82 valence electrons. The predicted molar refractivity (Wildman–Crippen MR) is 60.7 cm³/mol. The van der Waals surface area contributed by atoms with Gasteiger partial charge in [0.25, 0.3) is 0 Å². The largest absolute Gasteiger partial charge is 0.356 e. The van der Waals surface area contributed by atoms with Crippen LogP contribution in [0, 0.1) is 0 Å². The third kappa shape index (κ3) is 1.87. The fourth-order valence-electron chi connectivity index (χ4n) is 2.05. The maximum atomic E-state index is 5.43. The zero-order valence-electron chi connectivity index (χ0n) is 9.03. The van der Waals surface area contributed by atoms with Gasteiger partial charge in [0.1, 0.15) is 18.0 Å². The molecule has 1 saturated heterocycles. The van der Waals surface area contributed by atoms with Crippen molar-refractivity contribution in [1.29, 1.82) is 0 Å². The summed E-state index contributed by atoms with van der Waals surface area (Å²) in [6, 6.07) is 0. The second-order valence-corrected chi connectivity index (χ2v) is 3.72. The number of hydrogen-bond donors (Lipinski definition) is 2. The van der Waals surface area contributed by atoms with Crippen molar-refractivity contribution in [2.75, 3.05) is 23.4 Å². The molecule has 2 rings (SSSR count). The summed E-state index contributed by atoms with van der Waals surface area (Å²) < 4.78 is 0. The van der Waals surface area contributed by atoms with Crippen LogP contribution in [-0.2, 0) is 6.42 Å². The third-order valence-electron chi connectivity index (χ3n) is 2.82. The van der Waals surface area contributed by atoms with Crippen LogP contribution in [0.5, 0.6) is 0 Å². The number of aromatic nitrogens is 2. The molecule has 3 N–H and O–H groups in total. The molecule has 15 heavy (non-hydrogen) atoms. The van der Waals surface area contributed by atoms with Crippen LogP contribution in [0.1, 0.15) is 25.3 Å². The first-order valence-electron chi connectivity index (χ1n) is 5.42. The Morgan fingerprint density at radius 1 is 1.40 bits per heavy atom. The van der Waals surface area contributed by atoms with Gasteiger partial charge in [0, 0.05) is 18.7 Å². The molecule has 1 aromatic rings. The van der Waals surface area contributed by atoms with Crippen molar-refractivity contribution in [3.63, 3.8) is 0 Å². The number of hydrazine groups is 1. The molecule has 1 aromatic heterocycles. The smallest absolute Gasteiger partial charge is 0.148 e. The van der Waals surface area contributed by atoms with Crippen LogP contribution in [0.25, 0.3) is 0 Å². The number of anilines is 2. The van der Waals surface area contributed by atoms with Gasteiger partial charge < -0.3 is 10.3 Å². The standard InChI is InChI=1S/C10H17N5/c1-2-8-9(14-11)12-7-13-10(8)15-5-3-4-6-15/h7H,2-6,11H2,1H3,(H,12,13,14). The summed E-state index contributed by atoms with van der Waals surface area (Å²) in [5.74, 6) is 7.22. The molecular weight excluding hydrogens is 190 g/mol. The van der Waals surface area contributed by atoms with Crippen LogP contribution in [0.4, 0.5) is 11.6 Å². The summed E-state index contributed by atoms with van der Waals surface area (Å²) in [6.45, 7) is 4.28. The number of hydrogen-bond acceptors (Lipinski definition) is 5. The number of nitrogen functional groups attached to an aromatic ring is 1. The molecule has 1 aliphatic rings. The zero-order chi connectivity index (χ0) is 10.7. The van der Waals surface area contributed by atoms with Gasteiger partial charge in [-0.15, -0.1) is 0 Å². The van der Waals surface area contributed by atoms with Gasteiger partial charge >= 0.3 is 0 Å². The molecule has 0 aliphatic carbocycles. The summed E-state index contributed by atoms with van der Waals surface area (Å²) in [5, 5.41) is 0. The van der Waals surface area contributed by atoms with Crippen molar-refractivity contribution >= 4 is 11.6 Å². The lowest BCUT2D eigenvalue weighted by Crippen LogP contribution is -2.22. The number of nitrogens with zero attached hydrogens (tertiary/aromatic N) is 3. The number of rotatable bonds is 3. The van der Waals surface area contributed by atoms with Gasteiger partial charge in [-0.1, -0.05) is 6.92 Å². The normalized spacial score (nSPS) is 15.7. The van der Waals surface area contributed by atoms with Crippen molar-refractivity contribution in [1.82, 2.24) is 9.97 Å². The highest BCUT2D eigenvalue weighted by Crippen LogP contribution is 2.26. The van der Waals surface area contributed by atoms with Crippen LogP contribution in [0.3, 0.4) is 0 Å². The van der Waals surface area contributed by atoms with Gasteiger partial charge in [-0.3, -0.25) is 0 Å². The average Bonchev–Trinajstić information content (AvgIpc) is 2.81. The van der Waals surface area contributed by atoms with Gasteiger partial charge in [0.2, 0.25) is 0 Å². The van der Waals surface area contributed by atoms with Crippen molar-refractivity contribution < 1.29 is 0 Å². The molecule has 0 aromatic carbocycles. The van der Waals surface area contributed by atoms with E-state index in [1.54, 1.807) is 6.33 Å². The molecular formula is C10H17N5. The van der Waals surface area contributed by atoms with E-state index in [0.717, 1.165) is 36.7 Å². The summed E-state index contributed by atoms with van der Waals surface area (Å²) in [6.07, 6.45) is 4.96. The summed E-state index contributed by atoms with van der Waals surface area (Å²) >= 11 is 0. The lowest BCUT2D eigenvalue weighted by atomic mass is 10.2. The highest BCUT2D eigenvalue weighted by atomic mass is 15.3. The Hall–Kier alpha value is -1.36. The number of nitrogens with one attached hydrogen (secondary N) is 1. The Balaban J connectivity index is 2.36. The van der Waals surface area contributed by atoms with Crippen LogP contribution < -0.4 is 16.2 Å². The fraction of sp³-hybridized carbons (Fsp3) is 0.600. The molecule has 0 bridgehead atoms. The van der Waals surface area contributed by atoms with Gasteiger partial charge in [0.05, 0.1) is 0 Å². The first-order valence-corrected chi connectivity index (χ1v) is 5.42. The molecule has 5 heteroatoms. The molecule has 0 amide bonds. The minimum Gasteiger partial charge on any atom is -0.356 e. The Morgan fingerprint density at radius 3 is 2.73 bits per heavy atom. The highest BCUT2D eigenvalue weighted by molar-refractivity contribution is 5.58. The lowest BCUT2D eigenvalue weighted by molar-refractivity contribution is 0.899. The molecule has 0 radical (unpaired) electrons. The van der Waals surface area contributed by atoms with E-state index in [-0.39, 0.29) is 0 Å². The van der Waals surface area contributed by atoms with Crippen LogP contribution in [-0.4, -0.2) is 23.1 Å². The zero-order valence-corrected chi connectivity index (χ0v) is 9.03. The highest BCUT2D eigenvalue weighted by Gasteiger charge is 2.18. The minimum absolute atomic E-state index is 0.745. The van der Waals surface area contributed by atoms with Gasteiger partial charge in [-0.05, 0) is 19.3 Å². The molecule has 0 spiro atoms. The van der Waals surface area contributed by atoms with Gasteiger partial charge in [-0.25, -0.2) is 15.8 Å². The van der Waals surface area contributed by atoms with E-state index < -0.39 is 0 Å². The second kappa shape index (κ2) is 4.44. The van der Waals surface area contributed by atoms with E-state index in [1.165, 1.54) is 12.8 Å². The Morgan fingerprint density at radius 2 is 2.13 bits per heavy atom. The van der Waals surface area contributed by atoms with E-state index in [9.17, 15) is 0 Å². The summed E-state index contributed by atoms with van der Waals surface area (Å²) in [5.41, 5.74) is 3.75. The number of nitrogens with two attached hydrogens (primary N) is 1. The SMILES string of the molecule is CCc1c(NN)ncnc1N1CCCC1. The quantitative estimate of drug-likeness (QED) is 0.570. The van der Waals surface area contributed by atoms with Crippen LogP contribution in [0.15, 0.2) is 6.33 Å². The molecule has 0 saturated carbocycles. The van der Waals surface area contributed by atoms with Crippen molar-refractivity contribution in [2.45, 2.75) is 26.2 Å². The molecule has 0 unspecified atom stereocenters. The van der Waals surface area contributed by atoms with Crippen LogP contribution >= 0.6 is 0 Å². The van der Waals surface area contributed by atoms with Crippen molar-refractivity contribution in [3.8, 4) is 0 Å². The minimum atomic E-state index is 0.745. The van der Waals surface area contributed by atoms with E-state index in [1.807, 2.05) is 0 Å². The molecule has 5 nitrogen and oxygen atoms in total. The van der Waals surface area contributed by atoms with Gasteiger partial charge in [-0.2, -0.15) is 0 Å².